The maximum atomic E-state index is 12.1. The van der Waals surface area contributed by atoms with Crippen LogP contribution in [-0.2, 0) is 16.6 Å². The molecule has 24 heavy (non-hydrogen) atoms. The molecule has 1 N–H and O–H groups in total. The molecule has 2 heterocycles. The third-order valence-electron chi connectivity index (χ3n) is 3.33. The zero-order valence-electron chi connectivity index (χ0n) is 13.2. The van der Waals surface area contributed by atoms with Crippen LogP contribution in [0.3, 0.4) is 0 Å². The van der Waals surface area contributed by atoms with Gasteiger partial charge in [0.15, 0.2) is 4.34 Å². The van der Waals surface area contributed by atoms with E-state index in [0.29, 0.717) is 24.5 Å². The second-order valence-electron chi connectivity index (χ2n) is 5.10. The first-order chi connectivity index (χ1) is 11.6. The lowest BCUT2D eigenvalue weighted by molar-refractivity contribution is 0.598. The summed E-state index contributed by atoms with van der Waals surface area (Å²) in [5.74, 6) is 1.31. The Kier molecular flexibility index (Phi) is 5.42. The van der Waals surface area contributed by atoms with Crippen LogP contribution in [0.5, 0.6) is 0 Å². The Bertz CT molecular complexity index is 885. The minimum absolute atomic E-state index is 0.0831. The number of nitrogens with one attached hydrogen (secondary N) is 1. The molecule has 0 unspecified atom stereocenters. The lowest BCUT2D eigenvalue weighted by Crippen LogP contribution is -2.19. The summed E-state index contributed by atoms with van der Waals surface area (Å²) < 4.78 is 30.6. The summed E-state index contributed by atoms with van der Waals surface area (Å²) in [6.45, 7) is 2.54. The maximum Gasteiger partial charge on any atom is 0.233 e. The molecule has 3 rings (SSSR count). The third-order valence-corrected chi connectivity index (χ3v) is 6.95. The van der Waals surface area contributed by atoms with Crippen LogP contribution >= 0.6 is 23.1 Å². The fourth-order valence-electron chi connectivity index (χ4n) is 2.20. The Balaban J connectivity index is 1.50. The molecule has 0 aliphatic rings. The molecule has 9 heteroatoms. The van der Waals surface area contributed by atoms with Crippen LogP contribution < -0.4 is 4.72 Å². The fraction of sp³-hybridized carbons (Fsp3) is 0.333. The van der Waals surface area contributed by atoms with Crippen molar-refractivity contribution in [3.63, 3.8) is 0 Å². The van der Waals surface area contributed by atoms with Crippen molar-refractivity contribution >= 4 is 49.2 Å². The monoisotopic (exact) mass is 382 g/mol. The van der Waals surface area contributed by atoms with E-state index in [0.717, 1.165) is 14.6 Å². The summed E-state index contributed by atoms with van der Waals surface area (Å²) in [5, 5.41) is 4.05. The van der Waals surface area contributed by atoms with Crippen LogP contribution in [0, 0.1) is 0 Å². The van der Waals surface area contributed by atoms with Crippen molar-refractivity contribution in [2.45, 2.75) is 24.2 Å². The number of para-hydroxylation sites is 1. The number of anilines is 1. The van der Waals surface area contributed by atoms with Gasteiger partial charge in [0.05, 0.1) is 22.2 Å². The van der Waals surface area contributed by atoms with E-state index in [4.69, 9.17) is 0 Å². The number of hydrogen-bond acceptors (Lipinski definition) is 6. The predicted molar refractivity (Wildman–Crippen MR) is 100 cm³/mol. The van der Waals surface area contributed by atoms with Gasteiger partial charge < -0.3 is 0 Å². The number of hydrogen-bond donors (Lipinski definition) is 1. The number of thiazole rings is 1. The fourth-order valence-corrected chi connectivity index (χ4v) is 5.58. The quantitative estimate of drug-likeness (QED) is 0.477. The van der Waals surface area contributed by atoms with Gasteiger partial charge in [-0.2, -0.15) is 5.10 Å². The van der Waals surface area contributed by atoms with Gasteiger partial charge in [0.2, 0.25) is 10.0 Å². The SMILES string of the molecule is CCn1nccc1NS(=O)(=O)CCCSc1nc2ccccc2s1. The van der Waals surface area contributed by atoms with Crippen molar-refractivity contribution < 1.29 is 8.42 Å². The van der Waals surface area contributed by atoms with Gasteiger partial charge in [-0.3, -0.25) is 4.72 Å². The number of aromatic nitrogens is 3. The lowest BCUT2D eigenvalue weighted by atomic mass is 10.3. The first-order valence-electron chi connectivity index (χ1n) is 7.58. The molecular weight excluding hydrogens is 364 g/mol. The molecule has 0 saturated heterocycles. The van der Waals surface area contributed by atoms with E-state index >= 15 is 0 Å². The largest absolute Gasteiger partial charge is 0.268 e. The second-order valence-corrected chi connectivity index (χ2v) is 9.32. The smallest absolute Gasteiger partial charge is 0.233 e. The Labute approximate surface area is 149 Å². The summed E-state index contributed by atoms with van der Waals surface area (Å²) in [6, 6.07) is 9.66. The van der Waals surface area contributed by atoms with E-state index in [-0.39, 0.29) is 5.75 Å². The molecule has 0 radical (unpaired) electrons. The predicted octanol–water partition coefficient (Wildman–Crippen LogP) is 3.44. The molecule has 2 aromatic heterocycles. The molecule has 128 valence electrons. The van der Waals surface area contributed by atoms with E-state index in [1.165, 1.54) is 0 Å². The van der Waals surface area contributed by atoms with Gasteiger partial charge in [0.1, 0.15) is 5.82 Å². The van der Waals surface area contributed by atoms with E-state index in [1.807, 2.05) is 31.2 Å². The van der Waals surface area contributed by atoms with Gasteiger partial charge in [-0.25, -0.2) is 18.1 Å². The number of aryl methyl sites for hydroxylation is 1. The average molecular weight is 383 g/mol. The minimum Gasteiger partial charge on any atom is -0.268 e. The number of thioether (sulfide) groups is 1. The van der Waals surface area contributed by atoms with E-state index in [9.17, 15) is 8.42 Å². The van der Waals surface area contributed by atoms with E-state index < -0.39 is 10.0 Å². The van der Waals surface area contributed by atoms with Crippen molar-refractivity contribution in [3.8, 4) is 0 Å². The van der Waals surface area contributed by atoms with Crippen molar-refractivity contribution in [1.29, 1.82) is 0 Å². The molecule has 0 aliphatic heterocycles. The number of benzene rings is 1. The minimum atomic E-state index is -3.36. The Hall–Kier alpha value is -1.58. The highest BCUT2D eigenvalue weighted by Gasteiger charge is 2.13. The summed E-state index contributed by atoms with van der Waals surface area (Å²) in [6.07, 6.45) is 2.15. The molecule has 0 spiro atoms. The van der Waals surface area contributed by atoms with Gasteiger partial charge in [-0.05, 0) is 25.5 Å². The summed E-state index contributed by atoms with van der Waals surface area (Å²) in [4.78, 5) is 4.53. The highest BCUT2D eigenvalue weighted by molar-refractivity contribution is 8.01. The molecule has 0 saturated carbocycles. The van der Waals surface area contributed by atoms with Gasteiger partial charge >= 0.3 is 0 Å². The standard InChI is InChI=1S/C15H18N4O2S3/c1-2-19-14(8-9-16-19)18-24(20,21)11-5-10-22-15-17-12-6-3-4-7-13(12)23-15/h3-4,6-9,18H,2,5,10-11H2,1H3. The van der Waals surface area contributed by atoms with Gasteiger partial charge in [0, 0.05) is 18.4 Å². The van der Waals surface area contributed by atoms with Crippen molar-refractivity contribution in [1.82, 2.24) is 14.8 Å². The van der Waals surface area contributed by atoms with Crippen LogP contribution in [0.1, 0.15) is 13.3 Å². The number of fused-ring (bicyclic) bond motifs is 1. The molecular formula is C15H18N4O2S3. The van der Waals surface area contributed by atoms with Crippen molar-refractivity contribution in [3.05, 3.63) is 36.5 Å². The molecule has 6 nitrogen and oxygen atoms in total. The summed E-state index contributed by atoms with van der Waals surface area (Å²) >= 11 is 3.24. The van der Waals surface area contributed by atoms with Gasteiger partial charge in [-0.1, -0.05) is 23.9 Å². The van der Waals surface area contributed by atoms with E-state index in [1.54, 1.807) is 40.0 Å². The first kappa shape index (κ1) is 17.2. The topological polar surface area (TPSA) is 76.9 Å². The highest BCUT2D eigenvalue weighted by Crippen LogP contribution is 2.29. The van der Waals surface area contributed by atoms with Crippen molar-refractivity contribution in [2.75, 3.05) is 16.2 Å². The van der Waals surface area contributed by atoms with Crippen molar-refractivity contribution in [2.24, 2.45) is 0 Å². The highest BCUT2D eigenvalue weighted by atomic mass is 32.2. The van der Waals surface area contributed by atoms with Gasteiger partial charge in [0.25, 0.3) is 0 Å². The van der Waals surface area contributed by atoms with Crippen LogP contribution in [0.2, 0.25) is 0 Å². The van der Waals surface area contributed by atoms with Crippen LogP contribution in [0.4, 0.5) is 5.82 Å². The molecule has 0 amide bonds. The average Bonchev–Trinajstić information content (AvgIpc) is 3.16. The number of rotatable bonds is 8. The van der Waals surface area contributed by atoms with E-state index in [2.05, 4.69) is 14.8 Å². The normalized spacial score (nSPS) is 11.9. The number of sulfonamides is 1. The zero-order chi connectivity index (χ0) is 17.0. The van der Waals surface area contributed by atoms with Crippen LogP contribution in [0.25, 0.3) is 10.2 Å². The summed E-state index contributed by atoms with van der Waals surface area (Å²) in [7, 11) is -3.36. The second kappa shape index (κ2) is 7.54. The molecule has 0 bridgehead atoms. The molecule has 1 aromatic carbocycles. The molecule has 0 aliphatic carbocycles. The van der Waals surface area contributed by atoms with Gasteiger partial charge in [-0.15, -0.1) is 11.3 Å². The molecule has 0 fully saturated rings. The molecule has 3 aromatic rings. The Morgan fingerprint density at radius 2 is 2.12 bits per heavy atom. The first-order valence-corrected chi connectivity index (χ1v) is 11.0. The Morgan fingerprint density at radius 1 is 1.29 bits per heavy atom. The number of nitrogens with zero attached hydrogens (tertiary/aromatic N) is 3. The summed E-state index contributed by atoms with van der Waals surface area (Å²) in [5.41, 5.74) is 0.993. The lowest BCUT2D eigenvalue weighted by Gasteiger charge is -2.08. The Morgan fingerprint density at radius 3 is 2.92 bits per heavy atom. The maximum absolute atomic E-state index is 12.1. The zero-order valence-corrected chi connectivity index (χ0v) is 15.6. The third kappa shape index (κ3) is 4.28. The van der Waals surface area contributed by atoms with Crippen LogP contribution in [-0.4, -0.2) is 34.7 Å². The molecule has 0 atom stereocenters. The van der Waals surface area contributed by atoms with Crippen LogP contribution in [0.15, 0.2) is 40.9 Å².